The summed E-state index contributed by atoms with van der Waals surface area (Å²) in [5.41, 5.74) is 5.96. The monoisotopic (exact) mass is 256 g/mol. The zero-order valence-corrected chi connectivity index (χ0v) is 10.7. The topological polar surface area (TPSA) is 98.0 Å². The van der Waals surface area contributed by atoms with Gasteiger partial charge >= 0.3 is 0 Å². The Kier molecular flexibility index (Phi) is 2.73. The molecule has 94 valence electrons. The molecule has 1 fully saturated rings. The van der Waals surface area contributed by atoms with Crippen LogP contribution in [0.3, 0.4) is 0 Å². The molecule has 1 aliphatic rings. The fraction of sp³-hybridized carbons (Fsp3) is 0.600. The van der Waals surface area contributed by atoms with Gasteiger partial charge in [0, 0.05) is 5.56 Å². The van der Waals surface area contributed by atoms with Gasteiger partial charge in [-0.15, -0.1) is 0 Å². The quantitative estimate of drug-likeness (QED) is 0.792. The van der Waals surface area contributed by atoms with Gasteiger partial charge in [-0.05, 0) is 20.3 Å². The van der Waals surface area contributed by atoms with Gasteiger partial charge in [0.15, 0.2) is 9.84 Å². The van der Waals surface area contributed by atoms with Crippen molar-refractivity contribution < 1.29 is 8.42 Å². The second-order valence-corrected chi connectivity index (χ2v) is 6.94. The molecule has 0 amide bonds. The highest BCUT2D eigenvalue weighted by Gasteiger charge is 2.38. The summed E-state index contributed by atoms with van der Waals surface area (Å²) in [5, 5.41) is 3.17. The lowest BCUT2D eigenvalue weighted by molar-refractivity contribution is 0.571. The van der Waals surface area contributed by atoms with E-state index in [2.05, 4.69) is 15.3 Å². The molecule has 1 unspecified atom stereocenters. The van der Waals surface area contributed by atoms with Gasteiger partial charge in [-0.25, -0.2) is 18.4 Å². The highest BCUT2D eigenvalue weighted by atomic mass is 32.2. The van der Waals surface area contributed by atoms with Crippen LogP contribution in [0.1, 0.15) is 18.9 Å². The second kappa shape index (κ2) is 3.83. The van der Waals surface area contributed by atoms with Crippen molar-refractivity contribution in [2.75, 3.05) is 22.6 Å². The fourth-order valence-corrected chi connectivity index (χ4v) is 4.08. The maximum atomic E-state index is 11.5. The Morgan fingerprint density at radius 2 is 2.18 bits per heavy atom. The lowest BCUT2D eigenvalue weighted by atomic mass is 10.0. The van der Waals surface area contributed by atoms with Crippen molar-refractivity contribution in [3.63, 3.8) is 0 Å². The summed E-state index contributed by atoms with van der Waals surface area (Å²) >= 11 is 0. The van der Waals surface area contributed by atoms with Crippen molar-refractivity contribution in [1.29, 1.82) is 0 Å². The number of hydrogen-bond acceptors (Lipinski definition) is 6. The van der Waals surface area contributed by atoms with E-state index in [1.54, 1.807) is 0 Å². The van der Waals surface area contributed by atoms with Crippen LogP contribution in [0.15, 0.2) is 6.33 Å². The Balaban J connectivity index is 2.25. The third kappa shape index (κ3) is 2.49. The number of nitrogens with two attached hydrogens (primary N) is 1. The smallest absolute Gasteiger partial charge is 0.152 e. The zero-order chi connectivity index (χ0) is 12.7. The van der Waals surface area contributed by atoms with Gasteiger partial charge in [-0.2, -0.15) is 0 Å². The van der Waals surface area contributed by atoms with Crippen LogP contribution in [0.4, 0.5) is 11.6 Å². The summed E-state index contributed by atoms with van der Waals surface area (Å²) in [4.78, 5) is 7.97. The SMILES string of the molecule is Cc1c(N)ncnc1NC1(C)CCS(=O)(=O)C1. The summed E-state index contributed by atoms with van der Waals surface area (Å²) in [7, 11) is -2.93. The molecule has 1 atom stereocenters. The first-order valence-corrected chi connectivity index (χ1v) is 7.19. The highest BCUT2D eigenvalue weighted by Crippen LogP contribution is 2.28. The molecule has 2 heterocycles. The molecule has 2 rings (SSSR count). The molecular weight excluding hydrogens is 240 g/mol. The van der Waals surface area contributed by atoms with Gasteiger partial charge in [0.05, 0.1) is 17.0 Å². The van der Waals surface area contributed by atoms with Crippen molar-refractivity contribution in [2.45, 2.75) is 25.8 Å². The summed E-state index contributed by atoms with van der Waals surface area (Å²) in [6, 6.07) is 0. The van der Waals surface area contributed by atoms with E-state index in [-0.39, 0.29) is 11.5 Å². The van der Waals surface area contributed by atoms with Crippen LogP contribution in [-0.2, 0) is 9.84 Å². The minimum Gasteiger partial charge on any atom is -0.383 e. The number of rotatable bonds is 2. The first kappa shape index (κ1) is 12.1. The van der Waals surface area contributed by atoms with Crippen molar-refractivity contribution in [1.82, 2.24) is 9.97 Å². The average molecular weight is 256 g/mol. The van der Waals surface area contributed by atoms with Crippen LogP contribution in [0, 0.1) is 6.92 Å². The third-order valence-corrected chi connectivity index (χ3v) is 4.95. The fourth-order valence-electron chi connectivity index (χ4n) is 1.98. The van der Waals surface area contributed by atoms with Gasteiger partial charge < -0.3 is 11.1 Å². The summed E-state index contributed by atoms with van der Waals surface area (Å²) in [5.74, 6) is 1.36. The minimum atomic E-state index is -2.93. The van der Waals surface area contributed by atoms with Gasteiger partial charge in [-0.3, -0.25) is 0 Å². The Morgan fingerprint density at radius 3 is 2.76 bits per heavy atom. The molecule has 0 saturated carbocycles. The molecule has 1 saturated heterocycles. The minimum absolute atomic E-state index is 0.128. The molecule has 3 N–H and O–H groups in total. The molecule has 1 aromatic rings. The van der Waals surface area contributed by atoms with E-state index in [4.69, 9.17) is 5.73 Å². The maximum absolute atomic E-state index is 11.5. The first-order valence-electron chi connectivity index (χ1n) is 5.37. The molecule has 0 spiro atoms. The molecule has 7 heteroatoms. The number of hydrogen-bond donors (Lipinski definition) is 2. The Hall–Kier alpha value is -1.37. The van der Waals surface area contributed by atoms with Crippen molar-refractivity contribution in [3.05, 3.63) is 11.9 Å². The van der Waals surface area contributed by atoms with E-state index in [0.717, 1.165) is 5.56 Å². The van der Waals surface area contributed by atoms with Gasteiger partial charge in [-0.1, -0.05) is 0 Å². The molecule has 17 heavy (non-hydrogen) atoms. The molecule has 0 aliphatic carbocycles. The number of nitrogens with one attached hydrogen (secondary N) is 1. The normalized spacial score (nSPS) is 26.9. The van der Waals surface area contributed by atoms with Gasteiger partial charge in [0.25, 0.3) is 0 Å². The predicted molar refractivity (Wildman–Crippen MR) is 66.5 cm³/mol. The average Bonchev–Trinajstić information content (AvgIpc) is 2.49. The van der Waals surface area contributed by atoms with E-state index >= 15 is 0 Å². The number of nitrogen functional groups attached to an aromatic ring is 1. The Bertz CT molecular complexity index is 543. The lowest BCUT2D eigenvalue weighted by Crippen LogP contribution is -2.36. The third-order valence-electron chi connectivity index (χ3n) is 3.05. The van der Waals surface area contributed by atoms with Crippen molar-refractivity contribution in [3.8, 4) is 0 Å². The van der Waals surface area contributed by atoms with Crippen LogP contribution in [0.5, 0.6) is 0 Å². The lowest BCUT2D eigenvalue weighted by Gasteiger charge is -2.25. The van der Waals surface area contributed by atoms with Crippen LogP contribution >= 0.6 is 0 Å². The van der Waals surface area contributed by atoms with Crippen molar-refractivity contribution >= 4 is 21.5 Å². The summed E-state index contributed by atoms with van der Waals surface area (Å²) < 4.78 is 23.0. The zero-order valence-electron chi connectivity index (χ0n) is 9.90. The standard InChI is InChI=1S/C10H16N4O2S/c1-7-8(11)12-6-13-9(7)14-10(2)3-4-17(15,16)5-10/h6H,3-5H2,1-2H3,(H3,11,12,13,14). The molecule has 1 aliphatic heterocycles. The second-order valence-electron chi connectivity index (χ2n) is 4.76. The number of aromatic nitrogens is 2. The molecule has 0 bridgehead atoms. The Morgan fingerprint density at radius 1 is 1.47 bits per heavy atom. The van der Waals surface area contributed by atoms with Crippen LogP contribution in [0.25, 0.3) is 0 Å². The molecule has 0 aromatic carbocycles. The van der Waals surface area contributed by atoms with E-state index in [1.807, 2.05) is 13.8 Å². The van der Waals surface area contributed by atoms with E-state index in [1.165, 1.54) is 6.33 Å². The van der Waals surface area contributed by atoms with Crippen LogP contribution < -0.4 is 11.1 Å². The maximum Gasteiger partial charge on any atom is 0.152 e. The van der Waals surface area contributed by atoms with Crippen LogP contribution in [0.2, 0.25) is 0 Å². The van der Waals surface area contributed by atoms with Gasteiger partial charge in [0.1, 0.15) is 18.0 Å². The van der Waals surface area contributed by atoms with Crippen molar-refractivity contribution in [2.24, 2.45) is 0 Å². The highest BCUT2D eigenvalue weighted by molar-refractivity contribution is 7.91. The van der Waals surface area contributed by atoms with E-state index < -0.39 is 15.4 Å². The van der Waals surface area contributed by atoms with E-state index in [9.17, 15) is 8.42 Å². The van der Waals surface area contributed by atoms with Crippen LogP contribution in [-0.4, -0.2) is 35.4 Å². The molecule has 6 nitrogen and oxygen atoms in total. The number of nitrogens with zero attached hydrogens (tertiary/aromatic N) is 2. The summed E-state index contributed by atoms with van der Waals surface area (Å²) in [6.45, 7) is 3.69. The van der Waals surface area contributed by atoms with E-state index in [0.29, 0.717) is 18.1 Å². The predicted octanol–water partition coefficient (Wildman–Crippen LogP) is 0.356. The molecular formula is C10H16N4O2S. The molecule has 1 aromatic heterocycles. The number of anilines is 2. The largest absolute Gasteiger partial charge is 0.383 e. The van der Waals surface area contributed by atoms with Gasteiger partial charge in [0.2, 0.25) is 0 Å². The Labute approximate surface area is 101 Å². The number of sulfone groups is 1. The molecule has 0 radical (unpaired) electrons. The first-order chi connectivity index (χ1) is 7.81. The summed E-state index contributed by atoms with van der Waals surface area (Å²) in [6.07, 6.45) is 1.95.